The van der Waals surface area contributed by atoms with E-state index < -0.39 is 0 Å². The van der Waals surface area contributed by atoms with Crippen molar-refractivity contribution in [1.29, 1.82) is 0 Å². The van der Waals surface area contributed by atoms with Crippen LogP contribution in [0.3, 0.4) is 0 Å². The lowest BCUT2D eigenvalue weighted by atomic mass is 10.2. The molecule has 0 saturated heterocycles. The van der Waals surface area contributed by atoms with Gasteiger partial charge in [-0.1, -0.05) is 18.3 Å². The van der Waals surface area contributed by atoms with Crippen molar-refractivity contribution in [2.45, 2.75) is 20.3 Å². The minimum atomic E-state index is -0.107. The van der Waals surface area contributed by atoms with Gasteiger partial charge in [0.05, 0.1) is 4.88 Å². The smallest absolute Gasteiger partial charge is 0.267 e. The van der Waals surface area contributed by atoms with Crippen LogP contribution in [0.2, 0.25) is 0 Å². The number of amides is 1. The Morgan fingerprint density at radius 3 is 2.94 bits per heavy atom. The van der Waals surface area contributed by atoms with Crippen molar-refractivity contribution in [2.24, 2.45) is 0 Å². The Hall–Kier alpha value is -1.27. The first kappa shape index (κ1) is 11.2. The van der Waals surface area contributed by atoms with Crippen LogP contribution in [0.15, 0.2) is 11.6 Å². The molecule has 0 aliphatic heterocycles. The molecule has 0 radical (unpaired) electrons. The fraction of sp³-hybridized carbons (Fsp3) is 0.300. The van der Waals surface area contributed by atoms with Crippen molar-refractivity contribution in [1.82, 2.24) is 10.2 Å². The second-order valence-corrected chi connectivity index (χ2v) is 5.33. The summed E-state index contributed by atoms with van der Waals surface area (Å²) in [5.74, 6) is -0.107. The topological polar surface area (TPSA) is 54.9 Å². The van der Waals surface area contributed by atoms with Crippen LogP contribution < -0.4 is 5.32 Å². The number of anilines is 1. The first-order valence-electron chi connectivity index (χ1n) is 4.87. The van der Waals surface area contributed by atoms with E-state index in [1.165, 1.54) is 33.1 Å². The van der Waals surface area contributed by atoms with Gasteiger partial charge in [-0.3, -0.25) is 10.1 Å². The van der Waals surface area contributed by atoms with E-state index in [4.69, 9.17) is 0 Å². The van der Waals surface area contributed by atoms with Crippen molar-refractivity contribution in [3.8, 4) is 0 Å². The Kier molecular flexibility index (Phi) is 3.31. The van der Waals surface area contributed by atoms with Gasteiger partial charge in [0.2, 0.25) is 5.13 Å². The molecule has 0 saturated carbocycles. The van der Waals surface area contributed by atoms with Crippen molar-refractivity contribution >= 4 is 33.7 Å². The molecule has 2 rings (SSSR count). The van der Waals surface area contributed by atoms with E-state index >= 15 is 0 Å². The summed E-state index contributed by atoms with van der Waals surface area (Å²) in [6.07, 6.45) is 0.953. The number of hydrogen-bond donors (Lipinski definition) is 1. The van der Waals surface area contributed by atoms with E-state index in [9.17, 15) is 4.79 Å². The third-order valence-electron chi connectivity index (χ3n) is 2.21. The summed E-state index contributed by atoms with van der Waals surface area (Å²) in [5.41, 5.74) is 2.82. The summed E-state index contributed by atoms with van der Waals surface area (Å²) in [7, 11) is 0. The van der Waals surface area contributed by atoms with Gasteiger partial charge in [-0.2, -0.15) is 0 Å². The summed E-state index contributed by atoms with van der Waals surface area (Å²) < 4.78 is 0. The predicted octanol–water partition coefficient (Wildman–Crippen LogP) is 2.72. The number of rotatable bonds is 3. The highest BCUT2D eigenvalue weighted by atomic mass is 32.1. The van der Waals surface area contributed by atoms with E-state index in [0.717, 1.165) is 11.3 Å². The SMILES string of the molecule is CCc1cc(C(=O)Nc2nncs2)sc1C. The van der Waals surface area contributed by atoms with E-state index in [-0.39, 0.29) is 5.91 Å². The molecular weight excluding hydrogens is 242 g/mol. The Morgan fingerprint density at radius 1 is 1.56 bits per heavy atom. The van der Waals surface area contributed by atoms with Crippen molar-refractivity contribution < 1.29 is 4.79 Å². The molecule has 1 N–H and O–H groups in total. The van der Waals surface area contributed by atoms with Gasteiger partial charge in [-0.15, -0.1) is 21.5 Å². The molecule has 0 aliphatic carbocycles. The van der Waals surface area contributed by atoms with Gasteiger partial charge in [0, 0.05) is 4.88 Å². The number of carbonyl (C=O) groups is 1. The molecule has 16 heavy (non-hydrogen) atoms. The molecule has 0 unspecified atom stereocenters. The molecule has 2 aromatic heterocycles. The molecule has 84 valence electrons. The number of nitrogens with zero attached hydrogens (tertiary/aromatic N) is 2. The second-order valence-electron chi connectivity index (χ2n) is 3.24. The van der Waals surface area contributed by atoms with Crippen LogP contribution in [-0.4, -0.2) is 16.1 Å². The normalized spacial score (nSPS) is 10.4. The average molecular weight is 253 g/mol. The first-order chi connectivity index (χ1) is 7.70. The lowest BCUT2D eigenvalue weighted by Crippen LogP contribution is -2.09. The molecule has 0 fully saturated rings. The Bertz CT molecular complexity index is 490. The minimum absolute atomic E-state index is 0.107. The predicted molar refractivity (Wildman–Crippen MR) is 66.3 cm³/mol. The monoisotopic (exact) mass is 253 g/mol. The van der Waals surface area contributed by atoms with Crippen LogP contribution in [0.1, 0.15) is 27.0 Å². The molecule has 1 amide bonds. The maximum Gasteiger partial charge on any atom is 0.267 e. The molecule has 6 heteroatoms. The van der Waals surface area contributed by atoms with Gasteiger partial charge in [-0.25, -0.2) is 0 Å². The number of thiophene rings is 1. The molecule has 0 spiro atoms. The fourth-order valence-corrected chi connectivity index (χ4v) is 2.82. The zero-order valence-electron chi connectivity index (χ0n) is 8.98. The lowest BCUT2D eigenvalue weighted by molar-refractivity contribution is 0.103. The Labute approximate surface area is 101 Å². The molecule has 2 heterocycles. The largest absolute Gasteiger partial charge is 0.296 e. The van der Waals surface area contributed by atoms with Crippen molar-refractivity contribution in [3.63, 3.8) is 0 Å². The van der Waals surface area contributed by atoms with Crippen LogP contribution in [-0.2, 0) is 6.42 Å². The van der Waals surface area contributed by atoms with Crippen LogP contribution in [0.4, 0.5) is 5.13 Å². The molecular formula is C10H11N3OS2. The zero-order chi connectivity index (χ0) is 11.5. The number of aryl methyl sites for hydroxylation is 2. The zero-order valence-corrected chi connectivity index (χ0v) is 10.6. The first-order valence-corrected chi connectivity index (χ1v) is 6.57. The average Bonchev–Trinajstić information content (AvgIpc) is 2.87. The summed E-state index contributed by atoms with van der Waals surface area (Å²) in [5, 5.41) is 10.7. The molecule has 0 atom stereocenters. The van der Waals surface area contributed by atoms with Crippen molar-refractivity contribution in [3.05, 3.63) is 26.9 Å². The van der Waals surface area contributed by atoms with Gasteiger partial charge in [0.1, 0.15) is 5.51 Å². The van der Waals surface area contributed by atoms with Crippen molar-refractivity contribution in [2.75, 3.05) is 5.32 Å². The standard InChI is InChI=1S/C10H11N3OS2/c1-3-7-4-8(16-6(7)2)9(14)12-10-13-11-5-15-10/h4-5H,3H2,1-2H3,(H,12,13,14). The highest BCUT2D eigenvalue weighted by molar-refractivity contribution is 7.15. The molecule has 0 aliphatic rings. The van der Waals surface area contributed by atoms with Crippen LogP contribution >= 0.6 is 22.7 Å². The molecule has 0 aromatic carbocycles. The van der Waals surface area contributed by atoms with Crippen LogP contribution in [0, 0.1) is 6.92 Å². The van der Waals surface area contributed by atoms with Crippen LogP contribution in [0.5, 0.6) is 0 Å². The summed E-state index contributed by atoms with van der Waals surface area (Å²) >= 11 is 2.83. The highest BCUT2D eigenvalue weighted by Gasteiger charge is 2.12. The number of carbonyl (C=O) groups excluding carboxylic acids is 1. The molecule has 2 aromatic rings. The third-order valence-corrected chi connectivity index (χ3v) is 3.90. The molecule has 4 nitrogen and oxygen atoms in total. The maximum atomic E-state index is 11.8. The lowest BCUT2D eigenvalue weighted by Gasteiger charge is -1.96. The summed E-state index contributed by atoms with van der Waals surface area (Å²) in [6.45, 7) is 4.12. The molecule has 0 bridgehead atoms. The Morgan fingerprint density at radius 2 is 2.38 bits per heavy atom. The van der Waals surface area contributed by atoms with Gasteiger partial charge in [0.25, 0.3) is 5.91 Å². The highest BCUT2D eigenvalue weighted by Crippen LogP contribution is 2.23. The summed E-state index contributed by atoms with van der Waals surface area (Å²) in [6, 6.07) is 1.94. The van der Waals surface area contributed by atoms with E-state index in [0.29, 0.717) is 5.13 Å². The van der Waals surface area contributed by atoms with Gasteiger partial charge in [0.15, 0.2) is 0 Å². The third kappa shape index (κ3) is 2.28. The van der Waals surface area contributed by atoms with Gasteiger partial charge >= 0.3 is 0 Å². The number of nitrogens with one attached hydrogen (secondary N) is 1. The van der Waals surface area contributed by atoms with E-state index in [1.54, 1.807) is 5.51 Å². The second kappa shape index (κ2) is 4.71. The fourth-order valence-electron chi connectivity index (χ4n) is 1.37. The number of aromatic nitrogens is 2. The number of hydrogen-bond acceptors (Lipinski definition) is 5. The van der Waals surface area contributed by atoms with Gasteiger partial charge < -0.3 is 0 Å². The van der Waals surface area contributed by atoms with Gasteiger partial charge in [-0.05, 0) is 25.0 Å². The summed E-state index contributed by atoms with van der Waals surface area (Å²) in [4.78, 5) is 13.8. The van der Waals surface area contributed by atoms with E-state index in [2.05, 4.69) is 22.4 Å². The maximum absolute atomic E-state index is 11.8. The van der Waals surface area contributed by atoms with E-state index in [1.807, 2.05) is 13.0 Å². The quantitative estimate of drug-likeness (QED) is 0.915. The minimum Gasteiger partial charge on any atom is -0.296 e. The van der Waals surface area contributed by atoms with Crippen LogP contribution in [0.25, 0.3) is 0 Å². The Balaban J connectivity index is 2.15.